The van der Waals surface area contributed by atoms with E-state index in [1.54, 1.807) is 18.5 Å². The van der Waals surface area contributed by atoms with E-state index in [1.165, 1.54) is 7.11 Å². The van der Waals surface area contributed by atoms with Crippen molar-refractivity contribution in [2.24, 2.45) is 0 Å². The molecular weight excluding hydrogens is 362 g/mol. The Morgan fingerprint density at radius 2 is 2.09 bits per heavy atom. The van der Waals surface area contributed by atoms with Gasteiger partial charge in [-0.3, -0.25) is 4.79 Å². The van der Waals surface area contributed by atoms with E-state index in [2.05, 4.69) is 41.5 Å². The first-order valence-corrected chi connectivity index (χ1v) is 7.81. The van der Waals surface area contributed by atoms with Gasteiger partial charge >= 0.3 is 0 Å². The summed E-state index contributed by atoms with van der Waals surface area (Å²) in [4.78, 5) is 25.0. The van der Waals surface area contributed by atoms with Gasteiger partial charge in [0.05, 0.1) is 11.6 Å². The van der Waals surface area contributed by atoms with Crippen LogP contribution in [0, 0.1) is 6.92 Å². The van der Waals surface area contributed by atoms with Crippen LogP contribution in [-0.4, -0.2) is 34.0 Å². The molecule has 2 N–H and O–H groups in total. The molecule has 0 aliphatic carbocycles. The van der Waals surface area contributed by atoms with Crippen LogP contribution < -0.4 is 15.4 Å². The highest BCUT2D eigenvalue weighted by Gasteiger charge is 2.18. The number of anilines is 2. The van der Waals surface area contributed by atoms with E-state index >= 15 is 0 Å². The Labute approximate surface area is 143 Å². The standard InChI is InChI=1S/C15H18BrN5O2/c1-8(2)19-15-18-7-10(16)12(21-15)13(22)20-11-9(3)5-6-17-14(11)23-4/h5-8H,1-4H3,(H,20,22)(H,18,19,21). The van der Waals surface area contributed by atoms with Crippen LogP contribution >= 0.6 is 15.9 Å². The van der Waals surface area contributed by atoms with Crippen molar-refractivity contribution in [2.75, 3.05) is 17.7 Å². The summed E-state index contributed by atoms with van der Waals surface area (Å²) >= 11 is 3.30. The van der Waals surface area contributed by atoms with Crippen LogP contribution in [0.4, 0.5) is 11.6 Å². The second-order valence-electron chi connectivity index (χ2n) is 5.16. The fraction of sp³-hybridized carbons (Fsp3) is 0.333. The van der Waals surface area contributed by atoms with E-state index in [4.69, 9.17) is 4.74 Å². The van der Waals surface area contributed by atoms with Gasteiger partial charge in [-0.05, 0) is 48.3 Å². The maximum absolute atomic E-state index is 12.6. The number of aromatic nitrogens is 3. The number of aryl methyl sites for hydroxylation is 1. The molecule has 0 aliphatic heterocycles. The lowest BCUT2D eigenvalue weighted by Crippen LogP contribution is -2.19. The molecule has 0 radical (unpaired) electrons. The highest BCUT2D eigenvalue weighted by atomic mass is 79.9. The van der Waals surface area contributed by atoms with Gasteiger partial charge < -0.3 is 15.4 Å². The van der Waals surface area contributed by atoms with Crippen LogP contribution in [0.3, 0.4) is 0 Å². The Morgan fingerprint density at radius 1 is 1.35 bits per heavy atom. The van der Waals surface area contributed by atoms with Gasteiger partial charge in [-0.2, -0.15) is 0 Å². The van der Waals surface area contributed by atoms with E-state index in [0.717, 1.165) is 5.56 Å². The van der Waals surface area contributed by atoms with Gasteiger partial charge in [0.2, 0.25) is 11.8 Å². The molecule has 2 rings (SSSR count). The number of carbonyl (C=O) groups excluding carboxylic acids is 1. The molecule has 2 aromatic rings. The van der Waals surface area contributed by atoms with Crippen LogP contribution in [0.25, 0.3) is 0 Å². The van der Waals surface area contributed by atoms with Crippen molar-refractivity contribution in [1.82, 2.24) is 15.0 Å². The Hall–Kier alpha value is -2.22. The number of amides is 1. The fourth-order valence-electron chi connectivity index (χ4n) is 1.87. The van der Waals surface area contributed by atoms with Gasteiger partial charge in [0.25, 0.3) is 5.91 Å². The molecule has 0 unspecified atom stereocenters. The van der Waals surface area contributed by atoms with Crippen LogP contribution in [0.1, 0.15) is 29.9 Å². The molecule has 122 valence electrons. The second-order valence-corrected chi connectivity index (χ2v) is 6.01. The van der Waals surface area contributed by atoms with Crippen LogP contribution in [0.15, 0.2) is 22.9 Å². The summed E-state index contributed by atoms with van der Waals surface area (Å²) in [5.74, 6) is 0.368. The zero-order valence-electron chi connectivity index (χ0n) is 13.3. The highest BCUT2D eigenvalue weighted by Crippen LogP contribution is 2.26. The number of nitrogens with zero attached hydrogens (tertiary/aromatic N) is 3. The monoisotopic (exact) mass is 379 g/mol. The lowest BCUT2D eigenvalue weighted by Gasteiger charge is -2.13. The Kier molecular flexibility index (Phi) is 5.49. The zero-order chi connectivity index (χ0) is 17.0. The summed E-state index contributed by atoms with van der Waals surface area (Å²) in [6, 6.07) is 1.95. The molecule has 0 aliphatic rings. The smallest absolute Gasteiger partial charge is 0.275 e. The van der Waals surface area contributed by atoms with Crippen LogP contribution in [-0.2, 0) is 0 Å². The minimum Gasteiger partial charge on any atom is -0.480 e. The topological polar surface area (TPSA) is 89.0 Å². The SMILES string of the molecule is COc1nccc(C)c1NC(=O)c1nc(NC(C)C)ncc1Br. The number of hydrogen-bond acceptors (Lipinski definition) is 6. The number of hydrogen-bond donors (Lipinski definition) is 2. The first-order chi connectivity index (χ1) is 10.9. The molecule has 0 bridgehead atoms. The number of carbonyl (C=O) groups is 1. The molecule has 7 nitrogen and oxygen atoms in total. The fourth-order valence-corrected chi connectivity index (χ4v) is 2.24. The Balaban J connectivity index is 2.31. The van der Waals surface area contributed by atoms with Crippen molar-refractivity contribution in [3.8, 4) is 5.88 Å². The third kappa shape index (κ3) is 4.16. The quantitative estimate of drug-likeness (QED) is 0.829. The van der Waals surface area contributed by atoms with E-state index in [0.29, 0.717) is 22.0 Å². The van der Waals surface area contributed by atoms with Crippen LogP contribution in [0.5, 0.6) is 5.88 Å². The number of pyridine rings is 1. The minimum absolute atomic E-state index is 0.160. The number of halogens is 1. The molecule has 0 saturated carbocycles. The molecule has 1 amide bonds. The van der Waals surface area contributed by atoms with E-state index < -0.39 is 0 Å². The van der Waals surface area contributed by atoms with Crippen molar-refractivity contribution in [3.63, 3.8) is 0 Å². The summed E-state index contributed by atoms with van der Waals surface area (Å²) in [6.45, 7) is 5.80. The number of ether oxygens (including phenoxy) is 1. The summed E-state index contributed by atoms with van der Waals surface area (Å²) in [5.41, 5.74) is 1.59. The lowest BCUT2D eigenvalue weighted by molar-refractivity contribution is 0.102. The van der Waals surface area contributed by atoms with E-state index in [1.807, 2.05) is 20.8 Å². The normalized spacial score (nSPS) is 10.5. The molecule has 0 atom stereocenters. The predicted octanol–water partition coefficient (Wildman–Crippen LogP) is 3.02. The molecule has 8 heteroatoms. The minimum atomic E-state index is -0.375. The Morgan fingerprint density at radius 3 is 2.74 bits per heavy atom. The van der Waals surface area contributed by atoms with Crippen molar-refractivity contribution in [1.29, 1.82) is 0 Å². The molecule has 23 heavy (non-hydrogen) atoms. The average molecular weight is 380 g/mol. The molecule has 2 heterocycles. The second kappa shape index (κ2) is 7.36. The predicted molar refractivity (Wildman–Crippen MR) is 92.0 cm³/mol. The molecule has 0 saturated heterocycles. The van der Waals surface area contributed by atoms with Gasteiger partial charge in [-0.15, -0.1) is 0 Å². The average Bonchev–Trinajstić information content (AvgIpc) is 2.50. The zero-order valence-corrected chi connectivity index (χ0v) is 14.9. The van der Waals surface area contributed by atoms with Crippen molar-refractivity contribution >= 4 is 33.5 Å². The summed E-state index contributed by atoms with van der Waals surface area (Å²) < 4.78 is 5.69. The summed E-state index contributed by atoms with van der Waals surface area (Å²) in [5, 5.41) is 5.86. The third-order valence-corrected chi connectivity index (χ3v) is 3.51. The molecule has 0 aromatic carbocycles. The van der Waals surface area contributed by atoms with E-state index in [9.17, 15) is 4.79 Å². The summed E-state index contributed by atoms with van der Waals surface area (Å²) in [6.07, 6.45) is 3.16. The van der Waals surface area contributed by atoms with Crippen molar-refractivity contribution in [3.05, 3.63) is 34.2 Å². The number of nitrogens with one attached hydrogen (secondary N) is 2. The van der Waals surface area contributed by atoms with Gasteiger partial charge in [-0.1, -0.05) is 0 Å². The molecular formula is C15H18BrN5O2. The van der Waals surface area contributed by atoms with Gasteiger partial charge in [-0.25, -0.2) is 15.0 Å². The van der Waals surface area contributed by atoms with Gasteiger partial charge in [0, 0.05) is 18.4 Å². The molecule has 0 spiro atoms. The van der Waals surface area contributed by atoms with Crippen LogP contribution in [0.2, 0.25) is 0 Å². The molecule has 0 fully saturated rings. The molecule has 2 aromatic heterocycles. The Bertz CT molecular complexity index is 721. The summed E-state index contributed by atoms with van der Waals surface area (Å²) in [7, 11) is 1.50. The lowest BCUT2D eigenvalue weighted by atomic mass is 10.2. The first-order valence-electron chi connectivity index (χ1n) is 7.02. The number of rotatable bonds is 5. The van der Waals surface area contributed by atoms with Crippen molar-refractivity contribution in [2.45, 2.75) is 26.8 Å². The first kappa shape index (κ1) is 17.1. The van der Waals surface area contributed by atoms with Gasteiger partial charge in [0.15, 0.2) is 0 Å². The maximum atomic E-state index is 12.6. The van der Waals surface area contributed by atoms with E-state index in [-0.39, 0.29) is 17.6 Å². The largest absolute Gasteiger partial charge is 0.480 e. The maximum Gasteiger partial charge on any atom is 0.275 e. The highest BCUT2D eigenvalue weighted by molar-refractivity contribution is 9.10. The third-order valence-electron chi connectivity index (χ3n) is 2.93. The number of methoxy groups -OCH3 is 1. The van der Waals surface area contributed by atoms with Gasteiger partial charge in [0.1, 0.15) is 11.4 Å². The van der Waals surface area contributed by atoms with Crippen molar-refractivity contribution < 1.29 is 9.53 Å².